The molecule has 0 nitrogen and oxygen atoms in total. The van der Waals surface area contributed by atoms with Gasteiger partial charge in [0.05, 0.1) is 0 Å². The minimum atomic E-state index is 0.565. The van der Waals surface area contributed by atoms with Gasteiger partial charge in [-0.05, 0) is 93.8 Å². The van der Waals surface area contributed by atoms with Crippen molar-refractivity contribution in [3.63, 3.8) is 0 Å². The molecule has 0 heterocycles. The number of allylic oxidation sites excluding steroid dienone is 4. The Morgan fingerprint density at radius 2 is 1.78 bits per heavy atom. The molecule has 5 atom stereocenters. The van der Waals surface area contributed by atoms with Crippen LogP contribution in [0.4, 0.5) is 0 Å². The Balaban J connectivity index is 0.000000753. The summed E-state index contributed by atoms with van der Waals surface area (Å²) in [7, 11) is 0. The van der Waals surface area contributed by atoms with Crippen molar-refractivity contribution in [3.05, 3.63) is 22.8 Å². The van der Waals surface area contributed by atoms with E-state index in [0.29, 0.717) is 5.41 Å². The molecule has 4 rings (SSSR count). The van der Waals surface area contributed by atoms with Crippen molar-refractivity contribution in [2.75, 3.05) is 0 Å². The van der Waals surface area contributed by atoms with Gasteiger partial charge in [-0.25, -0.2) is 0 Å². The predicted molar refractivity (Wildman–Crippen MR) is 101 cm³/mol. The van der Waals surface area contributed by atoms with E-state index in [4.69, 9.17) is 0 Å². The molecule has 0 saturated heterocycles. The molecule has 0 heteroatoms. The van der Waals surface area contributed by atoms with Gasteiger partial charge in [0.1, 0.15) is 0 Å². The topological polar surface area (TPSA) is 0 Å². The van der Waals surface area contributed by atoms with E-state index in [1.165, 1.54) is 57.8 Å². The molecule has 0 bridgehead atoms. The summed E-state index contributed by atoms with van der Waals surface area (Å²) in [5.41, 5.74) is 6.22. The average Bonchev–Trinajstić information content (AvgIpc) is 2.92. The molecule has 2 fully saturated rings. The fourth-order valence-corrected chi connectivity index (χ4v) is 6.73. The fraction of sp³-hybridized carbons (Fsp3) is 0.826. The lowest BCUT2D eigenvalue weighted by atomic mass is 9.53. The molecule has 4 aliphatic carbocycles. The van der Waals surface area contributed by atoms with E-state index in [1.54, 1.807) is 5.57 Å². The van der Waals surface area contributed by atoms with Gasteiger partial charge in [-0.1, -0.05) is 50.5 Å². The SMILES string of the molecule is C/C=C1/CCC2C3CCC4=C(CCC(C)C4)C3CC[C@]12C.CC. The summed E-state index contributed by atoms with van der Waals surface area (Å²) in [6.45, 7) is 11.3. The van der Waals surface area contributed by atoms with E-state index < -0.39 is 0 Å². The molecule has 0 aromatic heterocycles. The third-order valence-electron chi connectivity index (χ3n) is 7.82. The first-order valence-electron chi connectivity index (χ1n) is 10.5. The second-order valence-electron chi connectivity index (χ2n) is 8.70. The number of hydrogen-bond acceptors (Lipinski definition) is 0. The third kappa shape index (κ3) is 2.75. The molecule has 130 valence electrons. The van der Waals surface area contributed by atoms with Gasteiger partial charge < -0.3 is 0 Å². The summed E-state index contributed by atoms with van der Waals surface area (Å²) in [5.74, 6) is 3.95. The van der Waals surface area contributed by atoms with Crippen LogP contribution in [0.1, 0.15) is 92.4 Å². The van der Waals surface area contributed by atoms with E-state index in [0.717, 1.165) is 23.7 Å². The van der Waals surface area contributed by atoms with Crippen LogP contribution in [0.25, 0.3) is 0 Å². The highest BCUT2D eigenvalue weighted by Gasteiger charge is 2.52. The van der Waals surface area contributed by atoms with Crippen LogP contribution in [-0.2, 0) is 0 Å². The first-order chi connectivity index (χ1) is 11.1. The van der Waals surface area contributed by atoms with E-state index in [2.05, 4.69) is 26.8 Å². The van der Waals surface area contributed by atoms with E-state index in [1.807, 2.05) is 25.0 Å². The fourth-order valence-electron chi connectivity index (χ4n) is 6.73. The molecule has 4 aliphatic rings. The van der Waals surface area contributed by atoms with Crippen molar-refractivity contribution in [2.24, 2.45) is 29.1 Å². The van der Waals surface area contributed by atoms with Gasteiger partial charge in [-0.3, -0.25) is 0 Å². The smallest absolute Gasteiger partial charge is 0.00851 e. The largest absolute Gasteiger partial charge is 0.0879 e. The quantitative estimate of drug-likeness (QED) is 0.411. The van der Waals surface area contributed by atoms with Crippen LogP contribution in [0, 0.1) is 29.1 Å². The summed E-state index contributed by atoms with van der Waals surface area (Å²) < 4.78 is 0. The molecule has 23 heavy (non-hydrogen) atoms. The van der Waals surface area contributed by atoms with Gasteiger partial charge in [0.25, 0.3) is 0 Å². The van der Waals surface area contributed by atoms with Crippen molar-refractivity contribution in [3.8, 4) is 0 Å². The van der Waals surface area contributed by atoms with Crippen molar-refractivity contribution >= 4 is 0 Å². The summed E-state index contributed by atoms with van der Waals surface area (Å²) in [4.78, 5) is 0. The number of fused-ring (bicyclic) bond motifs is 4. The molecular formula is C23H38. The Morgan fingerprint density at radius 3 is 2.52 bits per heavy atom. The molecule has 0 aromatic carbocycles. The van der Waals surface area contributed by atoms with Crippen LogP contribution < -0.4 is 0 Å². The first kappa shape index (κ1) is 17.3. The van der Waals surface area contributed by atoms with Gasteiger partial charge in [-0.2, -0.15) is 0 Å². The predicted octanol–water partition coefficient (Wildman–Crippen LogP) is 7.31. The molecule has 0 radical (unpaired) electrons. The Kier molecular flexibility index (Phi) is 5.09. The maximum atomic E-state index is 2.60. The van der Waals surface area contributed by atoms with E-state index >= 15 is 0 Å². The maximum absolute atomic E-state index is 2.60. The number of rotatable bonds is 0. The van der Waals surface area contributed by atoms with E-state index in [9.17, 15) is 0 Å². The highest BCUT2D eigenvalue weighted by Crippen LogP contribution is 2.63. The van der Waals surface area contributed by atoms with E-state index in [-0.39, 0.29) is 0 Å². The Hall–Kier alpha value is -0.520. The van der Waals surface area contributed by atoms with Gasteiger partial charge in [0.15, 0.2) is 0 Å². The zero-order chi connectivity index (χ0) is 16.6. The van der Waals surface area contributed by atoms with Crippen LogP contribution in [0.5, 0.6) is 0 Å². The Morgan fingerprint density at radius 1 is 1.00 bits per heavy atom. The van der Waals surface area contributed by atoms with Gasteiger partial charge in [0, 0.05) is 0 Å². The van der Waals surface area contributed by atoms with Crippen LogP contribution in [0.2, 0.25) is 0 Å². The van der Waals surface area contributed by atoms with Crippen molar-refractivity contribution < 1.29 is 0 Å². The van der Waals surface area contributed by atoms with Crippen molar-refractivity contribution in [1.29, 1.82) is 0 Å². The lowest BCUT2D eigenvalue weighted by molar-refractivity contribution is 0.0593. The second kappa shape index (κ2) is 6.77. The van der Waals surface area contributed by atoms with Gasteiger partial charge in [-0.15, -0.1) is 0 Å². The summed E-state index contributed by atoms with van der Waals surface area (Å²) >= 11 is 0. The minimum absolute atomic E-state index is 0.565. The molecule has 0 N–H and O–H groups in total. The first-order valence-corrected chi connectivity index (χ1v) is 10.5. The summed E-state index contributed by atoms with van der Waals surface area (Å²) in [5, 5.41) is 0. The molecular weight excluding hydrogens is 276 g/mol. The summed E-state index contributed by atoms with van der Waals surface area (Å²) in [6.07, 6.45) is 15.6. The molecule has 4 unspecified atom stereocenters. The third-order valence-corrected chi connectivity index (χ3v) is 7.82. The van der Waals surface area contributed by atoms with Crippen LogP contribution in [-0.4, -0.2) is 0 Å². The number of hydrogen-bond donors (Lipinski definition) is 0. The highest BCUT2D eigenvalue weighted by molar-refractivity contribution is 5.30. The maximum Gasteiger partial charge on any atom is -0.00851 e. The normalized spacial score (nSPS) is 44.1. The second-order valence-corrected chi connectivity index (χ2v) is 8.70. The molecule has 0 aromatic rings. The zero-order valence-electron chi connectivity index (χ0n) is 16.3. The molecule has 0 spiro atoms. The van der Waals surface area contributed by atoms with Crippen molar-refractivity contribution in [1.82, 2.24) is 0 Å². The summed E-state index contributed by atoms with van der Waals surface area (Å²) in [6, 6.07) is 0. The highest BCUT2D eigenvalue weighted by atomic mass is 14.6. The lowest BCUT2D eigenvalue weighted by Gasteiger charge is -2.51. The van der Waals surface area contributed by atoms with Gasteiger partial charge in [0.2, 0.25) is 0 Å². The zero-order valence-corrected chi connectivity index (χ0v) is 16.3. The lowest BCUT2D eigenvalue weighted by Crippen LogP contribution is -2.42. The average molecular weight is 315 g/mol. The Bertz CT molecular complexity index is 494. The van der Waals surface area contributed by atoms with Crippen LogP contribution >= 0.6 is 0 Å². The monoisotopic (exact) mass is 314 g/mol. The standard InChI is InChI=1S/C21H32.C2H6/c1-4-16-7-10-20-19-9-6-15-13-14(2)5-8-17(15)18(19)11-12-21(16,20)3;1-2/h4,14,18-20H,5-13H2,1-3H3;1-2H3/b16-4-;/t14?,18?,19?,20?,21-;/m1./s1. The van der Waals surface area contributed by atoms with Crippen LogP contribution in [0.15, 0.2) is 22.8 Å². The molecule has 0 aliphatic heterocycles. The Labute approximate surface area is 144 Å². The molecule has 2 saturated carbocycles. The van der Waals surface area contributed by atoms with Crippen LogP contribution in [0.3, 0.4) is 0 Å². The van der Waals surface area contributed by atoms with Gasteiger partial charge >= 0.3 is 0 Å². The molecule has 0 amide bonds. The minimum Gasteiger partial charge on any atom is -0.0879 e. The van der Waals surface area contributed by atoms with Crippen molar-refractivity contribution in [2.45, 2.75) is 92.4 Å².